The number of hydrogen-bond acceptors (Lipinski definition) is 6. The van der Waals surface area contributed by atoms with Crippen LogP contribution < -0.4 is 19.7 Å². The Balaban J connectivity index is 1.12. The van der Waals surface area contributed by atoms with Gasteiger partial charge >= 0.3 is 6.18 Å². The second kappa shape index (κ2) is 12.4. The lowest BCUT2D eigenvalue weighted by atomic mass is 9.68. The molecule has 44 heavy (non-hydrogen) atoms. The summed E-state index contributed by atoms with van der Waals surface area (Å²) in [5.41, 5.74) is 0.818. The zero-order chi connectivity index (χ0) is 30.7. The van der Waals surface area contributed by atoms with Crippen LogP contribution in [0.15, 0.2) is 78.9 Å². The summed E-state index contributed by atoms with van der Waals surface area (Å²) in [6, 6.07) is 24.3. The van der Waals surface area contributed by atoms with Crippen LogP contribution in [0.5, 0.6) is 17.2 Å². The predicted octanol–water partition coefficient (Wildman–Crippen LogP) is 6.31. The molecule has 0 radical (unpaired) electrons. The van der Waals surface area contributed by atoms with Gasteiger partial charge in [-0.25, -0.2) is 4.98 Å². The van der Waals surface area contributed by atoms with Gasteiger partial charge in [0, 0.05) is 42.7 Å². The van der Waals surface area contributed by atoms with Gasteiger partial charge in [0.2, 0.25) is 5.91 Å². The summed E-state index contributed by atoms with van der Waals surface area (Å²) in [5, 5.41) is 3.23. The number of pyridine rings is 1. The minimum absolute atomic E-state index is 0.361. The molecule has 0 bridgehead atoms. The second-order valence-electron chi connectivity index (χ2n) is 11.3. The van der Waals surface area contributed by atoms with Crippen molar-refractivity contribution in [3.8, 4) is 17.2 Å². The highest BCUT2D eigenvalue weighted by Crippen LogP contribution is 2.50. The smallest absolute Gasteiger partial charge is 0.405 e. The molecule has 1 amide bonds. The first kappa shape index (κ1) is 29.7. The van der Waals surface area contributed by atoms with Crippen molar-refractivity contribution in [2.75, 3.05) is 51.3 Å². The first-order chi connectivity index (χ1) is 21.3. The van der Waals surface area contributed by atoms with Crippen LogP contribution in [0.2, 0.25) is 0 Å². The van der Waals surface area contributed by atoms with Crippen molar-refractivity contribution in [2.24, 2.45) is 0 Å². The lowest BCUT2D eigenvalue weighted by Crippen LogP contribution is -2.49. The quantitative estimate of drug-likeness (QED) is 0.226. The number of para-hydroxylation sites is 2. The number of nitrogens with one attached hydrogen (secondary N) is 1. The summed E-state index contributed by atoms with van der Waals surface area (Å²) in [4.78, 5) is 23.3. The van der Waals surface area contributed by atoms with E-state index >= 15 is 0 Å². The van der Waals surface area contributed by atoms with Crippen LogP contribution in [0.1, 0.15) is 30.4 Å². The molecule has 2 aliphatic heterocycles. The van der Waals surface area contributed by atoms with E-state index in [-0.39, 0.29) is 0 Å². The van der Waals surface area contributed by atoms with Gasteiger partial charge in [-0.3, -0.25) is 9.69 Å². The van der Waals surface area contributed by atoms with Gasteiger partial charge in [-0.05, 0) is 61.9 Å². The Morgan fingerprint density at radius 3 is 2.27 bits per heavy atom. The number of unbranched alkanes of at least 4 members (excludes halogenated alkanes) is 1. The van der Waals surface area contributed by atoms with Crippen molar-refractivity contribution < 1.29 is 27.4 Å². The number of anilines is 1. The Hall–Kier alpha value is -4.31. The fourth-order valence-electron chi connectivity index (χ4n) is 6.36. The van der Waals surface area contributed by atoms with E-state index in [0.717, 1.165) is 61.6 Å². The van der Waals surface area contributed by atoms with Gasteiger partial charge in [0.1, 0.15) is 35.0 Å². The molecule has 7 nitrogen and oxygen atoms in total. The molecule has 1 saturated heterocycles. The van der Waals surface area contributed by atoms with Crippen LogP contribution in [-0.2, 0) is 10.2 Å². The minimum Gasteiger partial charge on any atom is -0.497 e. The van der Waals surface area contributed by atoms with Crippen LogP contribution in [0.25, 0.3) is 10.9 Å². The van der Waals surface area contributed by atoms with Gasteiger partial charge < -0.3 is 19.7 Å². The molecule has 6 rings (SSSR count). The van der Waals surface area contributed by atoms with Crippen molar-refractivity contribution in [2.45, 2.75) is 30.9 Å². The Morgan fingerprint density at radius 2 is 1.61 bits per heavy atom. The maximum atomic E-state index is 13.8. The SMILES string of the molecule is COc1ccc2nc(N3CCN(CCCCC4(C(=O)NCC(F)(F)F)c5ccccc5Oc5ccccc54)CC3)ccc2c1. The van der Waals surface area contributed by atoms with Gasteiger partial charge in [-0.1, -0.05) is 42.8 Å². The third-order valence-electron chi connectivity index (χ3n) is 8.60. The number of ether oxygens (including phenoxy) is 2. The van der Waals surface area contributed by atoms with Crippen LogP contribution in [-0.4, -0.2) is 68.3 Å². The Labute approximate surface area is 254 Å². The number of alkyl halides is 3. The fraction of sp³-hybridized carbons (Fsp3) is 0.353. The van der Waals surface area contributed by atoms with E-state index in [4.69, 9.17) is 14.5 Å². The number of halogens is 3. The number of fused-ring (bicyclic) bond motifs is 3. The summed E-state index contributed by atoms with van der Waals surface area (Å²) in [6.07, 6.45) is -2.70. The van der Waals surface area contributed by atoms with Crippen LogP contribution in [0.3, 0.4) is 0 Å². The number of aromatic nitrogens is 1. The number of hydrogen-bond donors (Lipinski definition) is 1. The molecule has 0 unspecified atom stereocenters. The molecular weight excluding hydrogens is 569 g/mol. The highest BCUT2D eigenvalue weighted by molar-refractivity contribution is 5.94. The van der Waals surface area contributed by atoms with Gasteiger partial charge in [0.05, 0.1) is 12.6 Å². The molecule has 3 aromatic carbocycles. The average molecular weight is 605 g/mol. The summed E-state index contributed by atoms with van der Waals surface area (Å²) >= 11 is 0. The minimum atomic E-state index is -4.51. The highest BCUT2D eigenvalue weighted by Gasteiger charge is 2.48. The van der Waals surface area contributed by atoms with E-state index in [1.165, 1.54) is 0 Å². The Kier molecular flexibility index (Phi) is 8.35. The molecule has 0 spiro atoms. The number of benzene rings is 3. The van der Waals surface area contributed by atoms with E-state index in [9.17, 15) is 18.0 Å². The molecule has 10 heteroatoms. The normalized spacial score (nSPS) is 16.1. The molecule has 230 valence electrons. The molecule has 2 aliphatic rings. The van der Waals surface area contributed by atoms with Gasteiger partial charge in [-0.2, -0.15) is 13.2 Å². The summed E-state index contributed by atoms with van der Waals surface area (Å²) in [6.45, 7) is 2.88. The van der Waals surface area contributed by atoms with Crippen LogP contribution >= 0.6 is 0 Å². The topological polar surface area (TPSA) is 66.9 Å². The zero-order valence-corrected chi connectivity index (χ0v) is 24.6. The van der Waals surface area contributed by atoms with Crippen molar-refractivity contribution in [3.05, 3.63) is 90.0 Å². The molecular formula is C34H35F3N4O3. The number of carbonyl (C=O) groups is 1. The van der Waals surface area contributed by atoms with Crippen LogP contribution in [0, 0.1) is 0 Å². The standard InChI is InChI=1S/C34H35F3N4O3/c1-43-25-13-14-28-24(22-25)12-15-31(39-28)41-20-18-40(19-21-41)17-7-6-16-33(32(42)38-23-34(35,36)37)26-8-2-4-10-29(26)44-30-11-5-3-9-27(30)33/h2-5,8-15,22H,6-7,16-21,23H2,1H3,(H,38,42). The molecule has 0 saturated carbocycles. The van der Waals surface area contributed by atoms with Crippen molar-refractivity contribution in [1.82, 2.24) is 15.2 Å². The summed E-state index contributed by atoms with van der Waals surface area (Å²) in [5.74, 6) is 2.08. The van der Waals surface area contributed by atoms with Crippen molar-refractivity contribution in [1.29, 1.82) is 0 Å². The number of methoxy groups -OCH3 is 1. The number of rotatable bonds is 9. The van der Waals surface area contributed by atoms with E-state index in [2.05, 4.69) is 21.2 Å². The molecule has 0 atom stereocenters. The molecule has 1 fully saturated rings. The van der Waals surface area contributed by atoms with Crippen LogP contribution in [0.4, 0.5) is 19.0 Å². The Bertz CT molecular complexity index is 1590. The molecule has 1 aromatic heterocycles. The average Bonchev–Trinajstić information content (AvgIpc) is 3.04. The number of nitrogens with zero attached hydrogens (tertiary/aromatic N) is 3. The summed E-state index contributed by atoms with van der Waals surface area (Å²) in [7, 11) is 1.65. The van der Waals surface area contributed by atoms with Gasteiger partial charge in [0.25, 0.3) is 0 Å². The monoisotopic (exact) mass is 604 g/mol. The zero-order valence-electron chi connectivity index (χ0n) is 24.6. The van der Waals surface area contributed by atoms with E-state index in [0.29, 0.717) is 35.5 Å². The largest absolute Gasteiger partial charge is 0.497 e. The maximum Gasteiger partial charge on any atom is 0.405 e. The fourth-order valence-corrected chi connectivity index (χ4v) is 6.36. The van der Waals surface area contributed by atoms with E-state index < -0.39 is 24.0 Å². The van der Waals surface area contributed by atoms with Gasteiger partial charge in [0.15, 0.2) is 0 Å². The first-order valence-corrected chi connectivity index (χ1v) is 14.9. The van der Waals surface area contributed by atoms with E-state index in [1.54, 1.807) is 55.6 Å². The second-order valence-corrected chi connectivity index (χ2v) is 11.3. The number of amides is 1. The third-order valence-corrected chi connectivity index (χ3v) is 8.60. The number of carbonyl (C=O) groups excluding carboxylic acids is 1. The predicted molar refractivity (Wildman–Crippen MR) is 164 cm³/mol. The van der Waals surface area contributed by atoms with Crippen molar-refractivity contribution >= 4 is 22.6 Å². The van der Waals surface area contributed by atoms with Crippen molar-refractivity contribution in [3.63, 3.8) is 0 Å². The molecule has 3 heterocycles. The lowest BCUT2D eigenvalue weighted by Gasteiger charge is -2.39. The Morgan fingerprint density at radius 1 is 0.932 bits per heavy atom. The van der Waals surface area contributed by atoms with E-state index in [1.807, 2.05) is 24.3 Å². The maximum absolute atomic E-state index is 13.8. The highest BCUT2D eigenvalue weighted by atomic mass is 19.4. The lowest BCUT2D eigenvalue weighted by molar-refractivity contribution is -0.141. The first-order valence-electron chi connectivity index (χ1n) is 14.9. The van der Waals surface area contributed by atoms with Gasteiger partial charge in [-0.15, -0.1) is 0 Å². The molecule has 4 aromatic rings. The number of piperazine rings is 1. The summed E-state index contributed by atoms with van der Waals surface area (Å²) < 4.78 is 51.0. The molecule has 1 N–H and O–H groups in total. The third kappa shape index (κ3) is 6.04. The molecule has 0 aliphatic carbocycles.